The molecule has 0 aliphatic carbocycles. The maximum atomic E-state index is 5.44. The van der Waals surface area contributed by atoms with Gasteiger partial charge in [-0.3, -0.25) is 0 Å². The summed E-state index contributed by atoms with van der Waals surface area (Å²) in [5, 5.41) is 0. The Morgan fingerprint density at radius 2 is 2.29 bits per heavy atom. The Morgan fingerprint density at radius 3 is 2.86 bits per heavy atom. The van der Waals surface area contributed by atoms with E-state index in [-0.39, 0.29) is 6.10 Å². The molecule has 0 radical (unpaired) electrons. The molecule has 1 aromatic heterocycles. The molecule has 0 saturated carbocycles. The minimum Gasteiger partial charge on any atom is -0.474 e. The van der Waals surface area contributed by atoms with Crippen LogP contribution in [0.5, 0.6) is 5.88 Å². The Balaban J connectivity index is 2.59. The lowest BCUT2D eigenvalue weighted by Gasteiger charge is -2.11. The maximum Gasteiger partial charge on any atom is 0.235 e. The third-order valence-corrected chi connectivity index (χ3v) is 2.25. The highest BCUT2D eigenvalue weighted by atomic mass is 127. The van der Waals surface area contributed by atoms with Crippen LogP contribution in [0.2, 0.25) is 0 Å². The molecule has 0 bridgehead atoms. The Morgan fingerprint density at radius 1 is 1.57 bits per heavy atom. The summed E-state index contributed by atoms with van der Waals surface area (Å²) in [5.74, 6) is 0.578. The molecule has 0 aliphatic rings. The van der Waals surface area contributed by atoms with Gasteiger partial charge in [0.1, 0.15) is 16.0 Å². The molecule has 0 N–H and O–H groups in total. The van der Waals surface area contributed by atoms with Gasteiger partial charge in [-0.05, 0) is 36.4 Å². The molecule has 0 aromatic carbocycles. The van der Waals surface area contributed by atoms with Gasteiger partial charge in [-0.15, -0.1) is 0 Å². The van der Waals surface area contributed by atoms with Crippen molar-refractivity contribution < 1.29 is 9.47 Å². The highest BCUT2D eigenvalue weighted by molar-refractivity contribution is 14.1. The van der Waals surface area contributed by atoms with Crippen LogP contribution in [0, 0.1) is 10.6 Å². The topological polar surface area (TPSA) is 44.2 Å². The first kappa shape index (κ1) is 11.6. The minimum atomic E-state index is 0.0653. The van der Waals surface area contributed by atoms with Crippen molar-refractivity contribution in [2.75, 3.05) is 13.7 Å². The van der Waals surface area contributed by atoms with E-state index in [1.165, 1.54) is 0 Å². The third-order valence-electron chi connectivity index (χ3n) is 1.73. The number of ether oxygens (including phenoxy) is 2. The lowest BCUT2D eigenvalue weighted by Crippen LogP contribution is -2.17. The van der Waals surface area contributed by atoms with Gasteiger partial charge in [-0.25, -0.2) is 9.97 Å². The summed E-state index contributed by atoms with van der Waals surface area (Å²) in [6.07, 6.45) is 1.75. The molecular weight excluding hydrogens is 295 g/mol. The molecule has 1 rings (SSSR count). The predicted octanol–water partition coefficient (Wildman–Crippen LogP) is 1.80. The van der Waals surface area contributed by atoms with Crippen molar-refractivity contribution in [1.82, 2.24) is 9.97 Å². The summed E-state index contributed by atoms with van der Waals surface area (Å²) in [7, 11) is 1.65. The number of aromatic nitrogens is 2. The van der Waals surface area contributed by atoms with E-state index in [1.807, 2.05) is 13.8 Å². The molecule has 1 unspecified atom stereocenters. The van der Waals surface area contributed by atoms with Crippen LogP contribution in [-0.4, -0.2) is 29.8 Å². The molecule has 0 fully saturated rings. The van der Waals surface area contributed by atoms with Crippen molar-refractivity contribution in [3.05, 3.63) is 15.6 Å². The van der Waals surface area contributed by atoms with Crippen LogP contribution < -0.4 is 4.74 Å². The Hall–Kier alpha value is -0.430. The van der Waals surface area contributed by atoms with Crippen molar-refractivity contribution >= 4 is 22.6 Å². The average Bonchev–Trinajstić information content (AvgIpc) is 2.16. The number of rotatable bonds is 4. The summed E-state index contributed by atoms with van der Waals surface area (Å²) in [4.78, 5) is 8.37. The molecule has 0 amide bonds. The maximum absolute atomic E-state index is 5.44. The van der Waals surface area contributed by atoms with E-state index < -0.39 is 0 Å². The quantitative estimate of drug-likeness (QED) is 0.796. The number of aryl methyl sites for hydroxylation is 1. The molecule has 0 spiro atoms. The largest absolute Gasteiger partial charge is 0.474 e. The zero-order chi connectivity index (χ0) is 10.6. The van der Waals surface area contributed by atoms with Crippen LogP contribution in [0.25, 0.3) is 0 Å². The smallest absolute Gasteiger partial charge is 0.235 e. The number of nitrogens with zero attached hydrogens (tertiary/aromatic N) is 2. The Kier molecular flexibility index (Phi) is 4.53. The second-order valence-corrected chi connectivity index (χ2v) is 4.05. The van der Waals surface area contributed by atoms with E-state index in [1.54, 1.807) is 13.3 Å². The fourth-order valence-corrected chi connectivity index (χ4v) is 1.35. The van der Waals surface area contributed by atoms with Gasteiger partial charge in [-0.1, -0.05) is 0 Å². The van der Waals surface area contributed by atoms with Crippen molar-refractivity contribution in [3.8, 4) is 5.88 Å². The summed E-state index contributed by atoms with van der Waals surface area (Å²) in [5.41, 5.74) is 0.806. The van der Waals surface area contributed by atoms with Gasteiger partial charge in [0.2, 0.25) is 5.88 Å². The number of halogens is 1. The van der Waals surface area contributed by atoms with Crippen molar-refractivity contribution in [2.24, 2.45) is 0 Å². The molecule has 14 heavy (non-hydrogen) atoms. The molecule has 0 saturated heterocycles. The SMILES string of the molecule is COC(C)COc1ncc(I)nc1C. The van der Waals surface area contributed by atoms with Gasteiger partial charge in [0.25, 0.3) is 0 Å². The fourth-order valence-electron chi connectivity index (χ4n) is 0.848. The van der Waals surface area contributed by atoms with Crippen molar-refractivity contribution in [1.29, 1.82) is 0 Å². The van der Waals surface area contributed by atoms with E-state index in [9.17, 15) is 0 Å². The lowest BCUT2D eigenvalue weighted by molar-refractivity contribution is 0.0694. The van der Waals surface area contributed by atoms with Gasteiger partial charge in [0.15, 0.2) is 0 Å². The highest BCUT2D eigenvalue weighted by Gasteiger charge is 2.05. The molecule has 5 heteroatoms. The Bertz CT molecular complexity index is 307. The minimum absolute atomic E-state index is 0.0653. The first-order chi connectivity index (χ1) is 6.63. The highest BCUT2D eigenvalue weighted by Crippen LogP contribution is 2.12. The third kappa shape index (κ3) is 3.38. The zero-order valence-electron chi connectivity index (χ0n) is 8.45. The van der Waals surface area contributed by atoms with Crippen molar-refractivity contribution in [3.63, 3.8) is 0 Å². The van der Waals surface area contributed by atoms with Gasteiger partial charge >= 0.3 is 0 Å². The molecule has 1 atom stereocenters. The van der Waals surface area contributed by atoms with E-state index in [4.69, 9.17) is 9.47 Å². The summed E-state index contributed by atoms with van der Waals surface area (Å²) < 4.78 is 11.4. The lowest BCUT2D eigenvalue weighted by atomic mass is 10.4. The van der Waals surface area contributed by atoms with Crippen LogP contribution in [0.3, 0.4) is 0 Å². The molecule has 4 nitrogen and oxygen atoms in total. The van der Waals surface area contributed by atoms with E-state index in [2.05, 4.69) is 32.6 Å². The van der Waals surface area contributed by atoms with Crippen LogP contribution in [0.4, 0.5) is 0 Å². The number of hydrogen-bond acceptors (Lipinski definition) is 4. The second kappa shape index (κ2) is 5.45. The standard InChI is InChI=1S/C9H13IN2O2/c1-6(13-3)5-14-9-7(2)12-8(10)4-11-9/h4,6H,5H2,1-3H3. The van der Waals surface area contributed by atoms with Gasteiger partial charge in [0, 0.05) is 7.11 Å². The van der Waals surface area contributed by atoms with Crippen LogP contribution in [0.1, 0.15) is 12.6 Å². The predicted molar refractivity (Wildman–Crippen MR) is 61.5 cm³/mol. The fraction of sp³-hybridized carbons (Fsp3) is 0.556. The van der Waals surface area contributed by atoms with E-state index >= 15 is 0 Å². The molecule has 0 aliphatic heterocycles. The van der Waals surface area contributed by atoms with Gasteiger partial charge in [-0.2, -0.15) is 0 Å². The van der Waals surface area contributed by atoms with Crippen LogP contribution >= 0.6 is 22.6 Å². The molecule has 78 valence electrons. The van der Waals surface area contributed by atoms with Crippen LogP contribution in [0.15, 0.2) is 6.20 Å². The normalized spacial score (nSPS) is 12.6. The van der Waals surface area contributed by atoms with E-state index in [0.717, 1.165) is 9.39 Å². The van der Waals surface area contributed by atoms with E-state index in [0.29, 0.717) is 12.5 Å². The second-order valence-electron chi connectivity index (χ2n) is 2.94. The van der Waals surface area contributed by atoms with Crippen molar-refractivity contribution in [2.45, 2.75) is 20.0 Å². The zero-order valence-corrected chi connectivity index (χ0v) is 10.6. The Labute approximate surface area is 97.2 Å². The number of methoxy groups -OCH3 is 1. The monoisotopic (exact) mass is 308 g/mol. The van der Waals surface area contributed by atoms with Gasteiger partial charge in [0.05, 0.1) is 12.3 Å². The summed E-state index contributed by atoms with van der Waals surface area (Å²) >= 11 is 2.12. The number of hydrogen-bond donors (Lipinski definition) is 0. The average molecular weight is 308 g/mol. The van der Waals surface area contributed by atoms with Gasteiger partial charge < -0.3 is 9.47 Å². The summed E-state index contributed by atoms with van der Waals surface area (Å²) in [6.45, 7) is 4.31. The first-order valence-corrected chi connectivity index (χ1v) is 5.36. The molecule has 1 heterocycles. The molecule has 1 aromatic rings. The summed E-state index contributed by atoms with van der Waals surface area (Å²) in [6, 6.07) is 0. The first-order valence-electron chi connectivity index (χ1n) is 4.28. The molecular formula is C9H13IN2O2. The van der Waals surface area contributed by atoms with Crippen LogP contribution in [-0.2, 0) is 4.74 Å².